The van der Waals surface area contributed by atoms with Crippen LogP contribution in [0.5, 0.6) is 0 Å². The average Bonchev–Trinajstić information content (AvgIpc) is 3.45. The molecule has 1 aliphatic carbocycles. The van der Waals surface area contributed by atoms with Gasteiger partial charge in [0.05, 0.1) is 6.04 Å². The molecule has 1 unspecified atom stereocenters. The Balaban J connectivity index is 1.36. The van der Waals surface area contributed by atoms with Crippen molar-refractivity contribution in [2.75, 3.05) is 6.54 Å². The molecule has 4 N–H and O–H groups in total. The van der Waals surface area contributed by atoms with Gasteiger partial charge in [0.2, 0.25) is 17.6 Å². The summed E-state index contributed by atoms with van der Waals surface area (Å²) in [6, 6.07) is 10.3. The second-order valence-corrected chi connectivity index (χ2v) is 12.5. The summed E-state index contributed by atoms with van der Waals surface area (Å²) in [6.07, 6.45) is 9.39. The van der Waals surface area contributed by atoms with Crippen LogP contribution < -0.4 is 21.3 Å². The van der Waals surface area contributed by atoms with Crippen LogP contribution >= 0.6 is 15.9 Å². The SMILES string of the molecule is O=C(NC1CCCCC1)C(=O)C(C[C@@H]1CCCNC1=O)NC(=O)[C@H](Cc1ccccc1)NC(=O)c1cn2cc(Br)ccc2n1. The Morgan fingerprint density at radius 1 is 0.932 bits per heavy atom. The van der Waals surface area contributed by atoms with Crippen molar-refractivity contribution in [3.8, 4) is 0 Å². The Labute approximate surface area is 264 Å². The molecule has 0 bridgehead atoms. The van der Waals surface area contributed by atoms with Crippen LogP contribution in [0, 0.1) is 5.92 Å². The first-order valence-corrected chi connectivity index (χ1v) is 16.0. The summed E-state index contributed by atoms with van der Waals surface area (Å²) in [7, 11) is 0. The van der Waals surface area contributed by atoms with Gasteiger partial charge in [-0.3, -0.25) is 24.0 Å². The topological polar surface area (TPSA) is 151 Å². The van der Waals surface area contributed by atoms with Crippen molar-refractivity contribution in [3.63, 3.8) is 0 Å². The first kappa shape index (κ1) is 31.4. The molecule has 0 radical (unpaired) electrons. The lowest BCUT2D eigenvalue weighted by Crippen LogP contribution is -2.56. The van der Waals surface area contributed by atoms with Crippen LogP contribution in [0.3, 0.4) is 0 Å². The van der Waals surface area contributed by atoms with E-state index in [2.05, 4.69) is 42.2 Å². The number of hydrogen-bond donors (Lipinski definition) is 4. The molecule has 2 aliphatic rings. The van der Waals surface area contributed by atoms with Gasteiger partial charge in [-0.05, 0) is 65.7 Å². The van der Waals surface area contributed by atoms with Crippen LogP contribution in [0.2, 0.25) is 0 Å². The summed E-state index contributed by atoms with van der Waals surface area (Å²) in [4.78, 5) is 70.8. The third-order valence-electron chi connectivity index (χ3n) is 8.27. The fraction of sp³-hybridized carbons (Fsp3) is 0.438. The van der Waals surface area contributed by atoms with E-state index >= 15 is 0 Å². The number of carbonyl (C=O) groups excluding carboxylic acids is 5. The van der Waals surface area contributed by atoms with Crippen molar-refractivity contribution < 1.29 is 24.0 Å². The minimum Gasteiger partial charge on any atom is -0.356 e. The molecular formula is C32H37BrN6O5. The zero-order chi connectivity index (χ0) is 31.1. The lowest BCUT2D eigenvalue weighted by molar-refractivity contribution is -0.141. The molecule has 1 aromatic carbocycles. The lowest BCUT2D eigenvalue weighted by Gasteiger charge is -2.28. The molecule has 1 saturated heterocycles. The Kier molecular flexibility index (Phi) is 10.4. The van der Waals surface area contributed by atoms with Crippen LogP contribution in [0.15, 0.2) is 59.3 Å². The zero-order valence-corrected chi connectivity index (χ0v) is 26.0. The summed E-state index contributed by atoms with van der Waals surface area (Å²) in [6.45, 7) is 0.549. The van der Waals surface area contributed by atoms with E-state index in [0.717, 1.165) is 48.6 Å². The lowest BCUT2D eigenvalue weighted by atomic mass is 9.89. The number of imidazole rings is 1. The van der Waals surface area contributed by atoms with Gasteiger partial charge in [0.1, 0.15) is 17.4 Å². The first-order chi connectivity index (χ1) is 21.3. The average molecular weight is 666 g/mol. The Hall–Kier alpha value is -4.06. The maximum absolute atomic E-state index is 13.8. The maximum Gasteiger partial charge on any atom is 0.289 e. The zero-order valence-electron chi connectivity index (χ0n) is 24.4. The number of halogens is 1. The van der Waals surface area contributed by atoms with Crippen molar-refractivity contribution in [2.24, 2.45) is 5.92 Å². The first-order valence-electron chi connectivity index (χ1n) is 15.2. The maximum atomic E-state index is 13.8. The van der Waals surface area contributed by atoms with Crippen molar-refractivity contribution in [1.82, 2.24) is 30.7 Å². The largest absolute Gasteiger partial charge is 0.356 e. The number of aromatic nitrogens is 2. The van der Waals surface area contributed by atoms with E-state index in [1.54, 1.807) is 22.9 Å². The highest BCUT2D eigenvalue weighted by molar-refractivity contribution is 9.10. The highest BCUT2D eigenvalue weighted by atomic mass is 79.9. The van der Waals surface area contributed by atoms with Gasteiger partial charge in [-0.1, -0.05) is 49.6 Å². The van der Waals surface area contributed by atoms with E-state index in [9.17, 15) is 24.0 Å². The smallest absolute Gasteiger partial charge is 0.289 e. The predicted molar refractivity (Wildman–Crippen MR) is 167 cm³/mol. The Morgan fingerprint density at radius 3 is 2.45 bits per heavy atom. The molecule has 4 amide bonds. The standard InChI is InChI=1S/C32H37BrN6O5/c33-22-13-14-27-36-26(19-39(27)18-22)31(43)38-25(16-20-8-3-1-4-9-20)30(42)37-24(17-21-10-7-15-34-29(21)41)28(40)32(44)35-23-11-5-2-6-12-23/h1,3-4,8-9,13-14,18-19,21,23-25H,2,5-7,10-12,15-17H2,(H,34,41)(H,35,44)(H,37,42)(H,38,43)/t21-,24?,25-/m0/s1. The van der Waals surface area contributed by atoms with E-state index in [1.807, 2.05) is 36.4 Å². The molecule has 3 heterocycles. The quantitative estimate of drug-likeness (QED) is 0.232. The number of nitrogens with zero attached hydrogens (tertiary/aromatic N) is 2. The highest BCUT2D eigenvalue weighted by Crippen LogP contribution is 2.20. The van der Waals surface area contributed by atoms with Crippen LogP contribution in [0.4, 0.5) is 0 Å². The van der Waals surface area contributed by atoms with Gasteiger partial charge in [0, 0.05) is 41.8 Å². The number of fused-ring (bicyclic) bond motifs is 1. The molecule has 0 spiro atoms. The number of nitrogens with one attached hydrogen (secondary N) is 4. The van der Waals surface area contributed by atoms with Gasteiger partial charge in [0.15, 0.2) is 0 Å². The van der Waals surface area contributed by atoms with Crippen molar-refractivity contribution in [1.29, 1.82) is 0 Å². The second kappa shape index (κ2) is 14.6. The second-order valence-electron chi connectivity index (χ2n) is 11.6. The van der Waals surface area contributed by atoms with E-state index in [1.165, 1.54) is 0 Å². The molecule has 3 atom stereocenters. The van der Waals surface area contributed by atoms with Crippen LogP contribution in [0.25, 0.3) is 5.65 Å². The molecule has 5 rings (SSSR count). The molecule has 2 fully saturated rings. The number of carbonyl (C=O) groups is 5. The summed E-state index contributed by atoms with van der Waals surface area (Å²) in [5, 5.41) is 11.2. The molecule has 1 aliphatic heterocycles. The molecule has 3 aromatic rings. The normalized spacial score (nSPS) is 18.6. The summed E-state index contributed by atoms with van der Waals surface area (Å²) in [5.74, 6) is -3.49. The minimum absolute atomic E-state index is 0.0121. The van der Waals surface area contributed by atoms with Crippen molar-refractivity contribution >= 4 is 51.0 Å². The van der Waals surface area contributed by atoms with Crippen molar-refractivity contribution in [3.05, 3.63) is 70.6 Å². The number of ketones is 1. The third-order valence-corrected chi connectivity index (χ3v) is 8.74. The van der Waals surface area contributed by atoms with E-state index in [4.69, 9.17) is 0 Å². The molecular weight excluding hydrogens is 628 g/mol. The number of piperidine rings is 1. The number of pyridine rings is 1. The number of Topliss-reactive ketones (excluding diaryl/α,β-unsaturated/α-hetero) is 1. The number of hydrogen-bond acceptors (Lipinski definition) is 6. The van der Waals surface area contributed by atoms with E-state index in [0.29, 0.717) is 18.6 Å². The van der Waals surface area contributed by atoms with Gasteiger partial charge in [-0.2, -0.15) is 0 Å². The Bertz CT molecular complexity index is 1520. The van der Waals surface area contributed by atoms with Gasteiger partial charge in [-0.25, -0.2) is 4.98 Å². The van der Waals surface area contributed by atoms with Gasteiger partial charge in [0.25, 0.3) is 11.8 Å². The minimum atomic E-state index is -1.23. The van der Waals surface area contributed by atoms with Crippen molar-refractivity contribution in [2.45, 2.75) is 75.9 Å². The number of rotatable bonds is 11. The number of amides is 4. The van der Waals surface area contributed by atoms with E-state index < -0.39 is 41.5 Å². The molecule has 232 valence electrons. The van der Waals surface area contributed by atoms with Crippen LogP contribution in [0.1, 0.15) is 67.4 Å². The molecule has 12 heteroatoms. The monoisotopic (exact) mass is 664 g/mol. The van der Waals surface area contributed by atoms with Gasteiger partial charge >= 0.3 is 0 Å². The molecule has 2 aromatic heterocycles. The van der Waals surface area contributed by atoms with E-state index in [-0.39, 0.29) is 30.5 Å². The Morgan fingerprint density at radius 2 is 1.70 bits per heavy atom. The molecule has 44 heavy (non-hydrogen) atoms. The number of benzene rings is 1. The third kappa shape index (κ3) is 8.10. The summed E-state index contributed by atoms with van der Waals surface area (Å²) in [5.41, 5.74) is 1.46. The fourth-order valence-electron chi connectivity index (χ4n) is 5.88. The highest BCUT2D eigenvalue weighted by Gasteiger charge is 2.35. The van der Waals surface area contributed by atoms with Crippen LogP contribution in [-0.2, 0) is 25.6 Å². The fourth-order valence-corrected chi connectivity index (χ4v) is 6.23. The van der Waals surface area contributed by atoms with Crippen LogP contribution in [-0.4, -0.2) is 63.5 Å². The van der Waals surface area contributed by atoms with Gasteiger partial charge in [-0.15, -0.1) is 0 Å². The summed E-state index contributed by atoms with van der Waals surface area (Å²) >= 11 is 3.40. The molecule has 11 nitrogen and oxygen atoms in total. The predicted octanol–water partition coefficient (Wildman–Crippen LogP) is 2.86. The molecule has 1 saturated carbocycles. The summed E-state index contributed by atoms with van der Waals surface area (Å²) < 4.78 is 2.51. The van der Waals surface area contributed by atoms with Gasteiger partial charge < -0.3 is 25.7 Å².